The Bertz CT molecular complexity index is 995. The lowest BCUT2D eigenvalue weighted by Crippen LogP contribution is -2.38. The molecule has 28 heavy (non-hydrogen) atoms. The molecule has 0 spiro atoms. The van der Waals surface area contributed by atoms with Crippen molar-refractivity contribution in [2.24, 2.45) is 0 Å². The minimum atomic E-state index is -3.27. The number of fused-ring (bicyclic) bond motifs is 1. The Morgan fingerprint density at radius 2 is 2.07 bits per heavy atom. The Kier molecular flexibility index (Phi) is 4.74. The van der Waals surface area contributed by atoms with Gasteiger partial charge in [0.25, 0.3) is 0 Å². The number of pyridine rings is 1. The van der Waals surface area contributed by atoms with Crippen LogP contribution in [0, 0.1) is 0 Å². The van der Waals surface area contributed by atoms with Crippen LogP contribution in [0.2, 0.25) is 0 Å². The third kappa shape index (κ3) is 3.82. The van der Waals surface area contributed by atoms with Crippen molar-refractivity contribution < 1.29 is 17.9 Å². The van der Waals surface area contributed by atoms with Crippen molar-refractivity contribution in [3.8, 4) is 0 Å². The Morgan fingerprint density at radius 3 is 2.82 bits per heavy atom. The molecule has 4 rings (SSSR count). The number of hydrogen-bond acceptors (Lipinski definition) is 7. The number of rotatable bonds is 5. The van der Waals surface area contributed by atoms with Gasteiger partial charge in [0, 0.05) is 23.7 Å². The van der Waals surface area contributed by atoms with E-state index in [9.17, 15) is 13.2 Å². The lowest BCUT2D eigenvalue weighted by atomic mass is 9.80. The summed E-state index contributed by atoms with van der Waals surface area (Å²) in [7, 11) is -3.27. The Balaban J connectivity index is 1.34. The van der Waals surface area contributed by atoms with Crippen LogP contribution in [0.5, 0.6) is 0 Å². The summed E-state index contributed by atoms with van der Waals surface area (Å²) in [4.78, 5) is 15.9. The van der Waals surface area contributed by atoms with Crippen molar-refractivity contribution in [3.63, 3.8) is 0 Å². The fraction of sp³-hybridized carbons (Fsp3) is 0.500. The van der Waals surface area contributed by atoms with E-state index in [-0.39, 0.29) is 34.9 Å². The van der Waals surface area contributed by atoms with E-state index in [4.69, 9.17) is 4.74 Å². The number of carbonyl (C=O) groups is 1. The number of nitrogens with zero attached hydrogens (tertiary/aromatic N) is 2. The van der Waals surface area contributed by atoms with Crippen molar-refractivity contribution in [2.45, 2.75) is 56.2 Å². The lowest BCUT2D eigenvalue weighted by molar-refractivity contribution is 0.0374. The van der Waals surface area contributed by atoms with Gasteiger partial charge in [0.2, 0.25) is 0 Å². The Labute approximate surface area is 163 Å². The number of anilines is 2. The number of sulfone groups is 1. The predicted molar refractivity (Wildman–Crippen MR) is 102 cm³/mol. The van der Waals surface area contributed by atoms with Crippen LogP contribution >= 0.6 is 0 Å². The predicted octanol–water partition coefficient (Wildman–Crippen LogP) is 2.26. The molecule has 0 bridgehead atoms. The highest BCUT2D eigenvalue weighted by Gasteiger charge is 2.34. The lowest BCUT2D eigenvalue weighted by Gasteiger charge is -2.33. The molecule has 9 nitrogen and oxygen atoms in total. The molecule has 1 saturated carbocycles. The number of hydrogen-bond donors (Lipinski definition) is 3. The molecule has 2 aliphatic rings. The smallest absolute Gasteiger partial charge is 0.407 e. The SMILES string of the molecule is CC(C)NC(=O)OC1CC(c2cc(Nc3ccc4c(n3)S(=O)(=O)CC4)n[nH]2)C1. The van der Waals surface area contributed by atoms with Crippen LogP contribution in [0.1, 0.15) is 43.9 Å². The van der Waals surface area contributed by atoms with Crippen LogP contribution < -0.4 is 10.6 Å². The summed E-state index contributed by atoms with van der Waals surface area (Å²) in [6.45, 7) is 3.77. The maximum atomic E-state index is 12.0. The molecule has 1 amide bonds. The minimum absolute atomic E-state index is 0.0485. The summed E-state index contributed by atoms with van der Waals surface area (Å²) in [5.74, 6) is 1.38. The van der Waals surface area contributed by atoms with Gasteiger partial charge in [-0.1, -0.05) is 6.07 Å². The van der Waals surface area contributed by atoms with E-state index in [2.05, 4.69) is 25.8 Å². The van der Waals surface area contributed by atoms with E-state index < -0.39 is 9.84 Å². The zero-order valence-electron chi connectivity index (χ0n) is 15.7. The van der Waals surface area contributed by atoms with Gasteiger partial charge in [-0.2, -0.15) is 5.10 Å². The van der Waals surface area contributed by atoms with Crippen LogP contribution in [0.3, 0.4) is 0 Å². The van der Waals surface area contributed by atoms with E-state index >= 15 is 0 Å². The largest absolute Gasteiger partial charge is 0.446 e. The van der Waals surface area contributed by atoms with Gasteiger partial charge in [0.05, 0.1) is 5.75 Å². The number of carbonyl (C=O) groups excluding carboxylic acids is 1. The van der Waals surface area contributed by atoms with Gasteiger partial charge >= 0.3 is 6.09 Å². The standard InChI is InChI=1S/C18H23N5O4S/c1-10(2)19-18(24)27-13-7-12(8-13)14-9-16(23-22-14)20-15-4-3-11-5-6-28(25,26)17(11)21-15/h3-4,9-10,12-13H,5-8H2,1-2H3,(H,19,24)(H2,20,21,22,23). The molecule has 1 aliphatic carbocycles. The van der Waals surface area contributed by atoms with E-state index in [1.807, 2.05) is 19.9 Å². The summed E-state index contributed by atoms with van der Waals surface area (Å²) in [5, 5.41) is 13.1. The van der Waals surface area contributed by atoms with E-state index in [1.165, 1.54) is 0 Å². The zero-order valence-corrected chi connectivity index (χ0v) is 16.5. The van der Waals surface area contributed by atoms with Crippen LogP contribution in [-0.2, 0) is 21.0 Å². The topological polar surface area (TPSA) is 126 Å². The minimum Gasteiger partial charge on any atom is -0.446 e. The van der Waals surface area contributed by atoms with Gasteiger partial charge in [-0.15, -0.1) is 0 Å². The molecular weight excluding hydrogens is 382 g/mol. The number of aryl methyl sites for hydroxylation is 1. The molecule has 0 atom stereocenters. The van der Waals surface area contributed by atoms with E-state index in [1.54, 1.807) is 12.1 Å². The number of H-pyrrole nitrogens is 1. The molecule has 3 N–H and O–H groups in total. The Hall–Kier alpha value is -2.62. The second-order valence-corrected chi connectivity index (χ2v) is 9.58. The number of aromatic amines is 1. The van der Waals surface area contributed by atoms with Crippen molar-refractivity contribution in [1.29, 1.82) is 0 Å². The molecule has 3 heterocycles. The first-order chi connectivity index (χ1) is 13.3. The van der Waals surface area contributed by atoms with E-state index in [0.717, 1.165) is 24.1 Å². The highest BCUT2D eigenvalue weighted by molar-refractivity contribution is 7.91. The van der Waals surface area contributed by atoms with Crippen molar-refractivity contribution >= 4 is 27.6 Å². The maximum absolute atomic E-state index is 12.0. The van der Waals surface area contributed by atoms with Crippen molar-refractivity contribution in [3.05, 3.63) is 29.5 Å². The average Bonchev–Trinajstić information content (AvgIpc) is 3.15. The summed E-state index contributed by atoms with van der Waals surface area (Å²) in [6, 6.07) is 5.47. The fourth-order valence-electron chi connectivity index (χ4n) is 3.42. The molecule has 10 heteroatoms. The third-order valence-corrected chi connectivity index (χ3v) is 6.63. The van der Waals surface area contributed by atoms with E-state index in [0.29, 0.717) is 18.1 Å². The van der Waals surface area contributed by atoms with Gasteiger partial charge in [0.15, 0.2) is 20.7 Å². The number of nitrogens with one attached hydrogen (secondary N) is 3. The number of alkyl carbamates (subject to hydrolysis) is 1. The van der Waals surface area contributed by atoms with Crippen LogP contribution in [0.15, 0.2) is 23.2 Å². The summed E-state index contributed by atoms with van der Waals surface area (Å²) in [5.41, 5.74) is 1.70. The Morgan fingerprint density at radius 1 is 1.29 bits per heavy atom. The van der Waals surface area contributed by atoms with Gasteiger partial charge in [-0.3, -0.25) is 5.10 Å². The molecule has 2 aromatic rings. The van der Waals surface area contributed by atoms with Crippen LogP contribution in [0.25, 0.3) is 0 Å². The first kappa shape index (κ1) is 18.7. The first-order valence-electron chi connectivity index (χ1n) is 9.32. The van der Waals surface area contributed by atoms with Crippen LogP contribution in [-0.4, -0.2) is 47.6 Å². The second kappa shape index (κ2) is 7.08. The second-order valence-electron chi connectivity index (χ2n) is 7.56. The summed E-state index contributed by atoms with van der Waals surface area (Å²) < 4.78 is 29.4. The van der Waals surface area contributed by atoms with Crippen LogP contribution in [0.4, 0.5) is 16.4 Å². The molecular formula is C18H23N5O4S. The first-order valence-corrected chi connectivity index (χ1v) is 11.0. The number of amides is 1. The fourth-order valence-corrected chi connectivity index (χ4v) is 4.91. The number of ether oxygens (including phenoxy) is 1. The monoisotopic (exact) mass is 405 g/mol. The van der Waals surface area contributed by atoms with Gasteiger partial charge in [-0.05, 0) is 44.7 Å². The summed E-state index contributed by atoms with van der Waals surface area (Å²) >= 11 is 0. The highest BCUT2D eigenvalue weighted by atomic mass is 32.2. The van der Waals surface area contributed by atoms with Gasteiger partial charge in [0.1, 0.15) is 11.9 Å². The highest BCUT2D eigenvalue weighted by Crippen LogP contribution is 2.38. The molecule has 0 aromatic carbocycles. The van der Waals surface area contributed by atoms with Crippen molar-refractivity contribution in [2.75, 3.05) is 11.1 Å². The molecule has 0 radical (unpaired) electrons. The normalized spacial score (nSPS) is 22.4. The van der Waals surface area contributed by atoms with Gasteiger partial charge < -0.3 is 15.4 Å². The molecule has 2 aromatic heterocycles. The molecule has 150 valence electrons. The van der Waals surface area contributed by atoms with Gasteiger partial charge in [-0.25, -0.2) is 18.2 Å². The van der Waals surface area contributed by atoms with Crippen molar-refractivity contribution in [1.82, 2.24) is 20.5 Å². The molecule has 1 aliphatic heterocycles. The molecule has 1 fully saturated rings. The zero-order chi connectivity index (χ0) is 19.9. The average molecular weight is 405 g/mol. The quantitative estimate of drug-likeness (QED) is 0.696. The third-order valence-electron chi connectivity index (χ3n) is 4.94. The number of aromatic nitrogens is 3. The summed E-state index contributed by atoms with van der Waals surface area (Å²) in [6.07, 6.45) is 1.51. The molecule has 0 saturated heterocycles. The maximum Gasteiger partial charge on any atom is 0.407 e. The molecule has 0 unspecified atom stereocenters.